The van der Waals surface area contributed by atoms with Crippen molar-refractivity contribution in [3.05, 3.63) is 40.3 Å². The summed E-state index contributed by atoms with van der Waals surface area (Å²) in [6.45, 7) is 10.3. The van der Waals surface area contributed by atoms with Gasteiger partial charge in [0.25, 0.3) is 0 Å². The van der Waals surface area contributed by atoms with Crippen molar-refractivity contribution in [2.24, 2.45) is 4.99 Å². The lowest BCUT2D eigenvalue weighted by molar-refractivity contribution is 0.213. The van der Waals surface area contributed by atoms with Crippen molar-refractivity contribution in [3.8, 4) is 11.5 Å². The normalized spacial score (nSPS) is 12.3. The predicted molar refractivity (Wildman–Crippen MR) is 128 cm³/mol. The van der Waals surface area contributed by atoms with Crippen molar-refractivity contribution in [1.29, 1.82) is 0 Å². The second-order valence-electron chi connectivity index (χ2n) is 6.48. The largest absolute Gasteiger partial charge is 0.493 e. The van der Waals surface area contributed by atoms with Gasteiger partial charge in [0.15, 0.2) is 17.5 Å². The lowest BCUT2D eigenvalue weighted by Gasteiger charge is -2.19. The summed E-state index contributed by atoms with van der Waals surface area (Å²) in [5, 5.41) is 9.72. The molecule has 8 heteroatoms. The Kier molecular flexibility index (Phi) is 11.2. The Morgan fingerprint density at radius 2 is 1.89 bits per heavy atom. The third kappa shape index (κ3) is 7.83. The molecule has 0 spiro atoms. The Morgan fingerprint density at radius 1 is 1.18 bits per heavy atom. The molecule has 0 aliphatic rings. The van der Waals surface area contributed by atoms with Gasteiger partial charge in [-0.15, -0.1) is 35.3 Å². The molecule has 2 aromatic rings. The van der Waals surface area contributed by atoms with Gasteiger partial charge in [0.2, 0.25) is 0 Å². The average Bonchev–Trinajstić information content (AvgIpc) is 3.14. The van der Waals surface area contributed by atoms with Crippen molar-refractivity contribution < 1.29 is 9.47 Å². The molecule has 1 aromatic carbocycles. The second kappa shape index (κ2) is 12.8. The molecule has 0 fully saturated rings. The highest BCUT2D eigenvalue weighted by atomic mass is 127. The SMILES string of the molecule is CCNC(=NCc1nc(C(C)C)cs1)NCC(C)Oc1ccccc1OC.I. The molecule has 0 aliphatic carbocycles. The number of hydrogen-bond donors (Lipinski definition) is 2. The van der Waals surface area contributed by atoms with Crippen LogP contribution in [-0.2, 0) is 6.54 Å². The molecule has 0 aliphatic heterocycles. The number of rotatable bonds is 9. The molecule has 0 saturated heterocycles. The van der Waals surface area contributed by atoms with Crippen LogP contribution in [0.1, 0.15) is 44.3 Å². The van der Waals surface area contributed by atoms with E-state index in [0.29, 0.717) is 19.0 Å². The minimum atomic E-state index is -0.0439. The van der Waals surface area contributed by atoms with Crippen LogP contribution >= 0.6 is 35.3 Å². The average molecular weight is 518 g/mol. The first kappa shape index (κ1) is 24.5. The summed E-state index contributed by atoms with van der Waals surface area (Å²) in [5.74, 6) is 2.67. The van der Waals surface area contributed by atoms with Gasteiger partial charge in [0.1, 0.15) is 11.1 Å². The van der Waals surface area contributed by atoms with Crippen LogP contribution in [-0.4, -0.2) is 37.2 Å². The van der Waals surface area contributed by atoms with E-state index in [-0.39, 0.29) is 30.1 Å². The molecule has 1 atom stereocenters. The van der Waals surface area contributed by atoms with Crippen LogP contribution in [0.4, 0.5) is 0 Å². The van der Waals surface area contributed by atoms with Gasteiger partial charge < -0.3 is 20.1 Å². The Bertz CT molecular complexity index is 737. The van der Waals surface area contributed by atoms with E-state index in [0.717, 1.165) is 34.7 Å². The van der Waals surface area contributed by atoms with Crippen LogP contribution in [0.2, 0.25) is 0 Å². The lowest BCUT2D eigenvalue weighted by atomic mass is 10.2. The van der Waals surface area contributed by atoms with E-state index in [2.05, 4.69) is 39.8 Å². The number of nitrogens with one attached hydrogen (secondary N) is 2. The molecule has 1 aromatic heterocycles. The van der Waals surface area contributed by atoms with E-state index >= 15 is 0 Å². The number of hydrogen-bond acceptors (Lipinski definition) is 5. The Balaban J connectivity index is 0.00000392. The fourth-order valence-corrected chi connectivity index (χ4v) is 3.25. The van der Waals surface area contributed by atoms with E-state index in [1.54, 1.807) is 18.4 Å². The van der Waals surface area contributed by atoms with Crippen LogP contribution in [0.3, 0.4) is 0 Å². The molecule has 28 heavy (non-hydrogen) atoms. The fraction of sp³-hybridized carbons (Fsp3) is 0.500. The lowest BCUT2D eigenvalue weighted by Crippen LogP contribution is -2.41. The van der Waals surface area contributed by atoms with Gasteiger partial charge in [-0.1, -0.05) is 26.0 Å². The summed E-state index contributed by atoms with van der Waals surface area (Å²) in [7, 11) is 1.64. The number of aromatic nitrogens is 1. The number of nitrogens with zero attached hydrogens (tertiary/aromatic N) is 2. The van der Waals surface area contributed by atoms with Gasteiger partial charge in [-0.3, -0.25) is 0 Å². The molecule has 2 N–H and O–H groups in total. The van der Waals surface area contributed by atoms with Crippen molar-refractivity contribution in [2.45, 2.75) is 46.3 Å². The Morgan fingerprint density at radius 3 is 2.50 bits per heavy atom. The number of methoxy groups -OCH3 is 1. The van der Waals surface area contributed by atoms with Crippen LogP contribution in [0.5, 0.6) is 11.5 Å². The summed E-state index contributed by atoms with van der Waals surface area (Å²) < 4.78 is 11.3. The number of ether oxygens (including phenoxy) is 2. The molecule has 0 amide bonds. The van der Waals surface area contributed by atoms with Crippen LogP contribution < -0.4 is 20.1 Å². The van der Waals surface area contributed by atoms with E-state index in [1.165, 1.54) is 0 Å². The maximum absolute atomic E-state index is 5.98. The molecule has 0 bridgehead atoms. The first-order valence-electron chi connectivity index (χ1n) is 9.29. The maximum Gasteiger partial charge on any atom is 0.191 e. The van der Waals surface area contributed by atoms with E-state index < -0.39 is 0 Å². The highest BCUT2D eigenvalue weighted by Crippen LogP contribution is 2.26. The van der Waals surface area contributed by atoms with E-state index in [4.69, 9.17) is 9.47 Å². The fourth-order valence-electron chi connectivity index (χ4n) is 2.37. The molecule has 1 unspecified atom stereocenters. The highest BCUT2D eigenvalue weighted by molar-refractivity contribution is 14.0. The van der Waals surface area contributed by atoms with Crippen LogP contribution in [0.25, 0.3) is 0 Å². The molecule has 6 nitrogen and oxygen atoms in total. The monoisotopic (exact) mass is 518 g/mol. The third-order valence-corrected chi connectivity index (χ3v) is 4.68. The first-order valence-corrected chi connectivity index (χ1v) is 10.2. The molecular weight excluding hydrogens is 487 g/mol. The molecule has 156 valence electrons. The Hall–Kier alpha value is -1.55. The minimum Gasteiger partial charge on any atom is -0.493 e. The molecule has 0 saturated carbocycles. The van der Waals surface area contributed by atoms with Gasteiger partial charge >= 0.3 is 0 Å². The number of benzene rings is 1. The summed E-state index contributed by atoms with van der Waals surface area (Å²) >= 11 is 1.66. The van der Waals surface area contributed by atoms with Crippen LogP contribution in [0, 0.1) is 0 Å². The first-order chi connectivity index (χ1) is 13.0. The van der Waals surface area contributed by atoms with E-state index in [1.807, 2.05) is 38.1 Å². The summed E-state index contributed by atoms with van der Waals surface area (Å²) in [6.07, 6.45) is -0.0439. The number of halogens is 1. The van der Waals surface area contributed by atoms with Crippen LogP contribution in [0.15, 0.2) is 34.6 Å². The summed E-state index contributed by atoms with van der Waals surface area (Å²) in [5.41, 5.74) is 1.13. The number of aliphatic imine (C=N–C) groups is 1. The van der Waals surface area contributed by atoms with Gasteiger partial charge in [-0.05, 0) is 31.9 Å². The van der Waals surface area contributed by atoms with Crippen molar-refractivity contribution >= 4 is 41.3 Å². The van der Waals surface area contributed by atoms with Gasteiger partial charge in [-0.25, -0.2) is 9.98 Å². The highest BCUT2D eigenvalue weighted by Gasteiger charge is 2.10. The molecular formula is C20H31IN4O2S. The standard InChI is InChI=1S/C20H30N4O2S.HI/c1-6-21-20(23-12-19-24-16(13-27-19)14(2)3)22-11-15(4)26-18-10-8-7-9-17(18)25-5;/h7-10,13-15H,6,11-12H2,1-5H3,(H2,21,22,23);1H. The topological polar surface area (TPSA) is 67.8 Å². The second-order valence-corrected chi connectivity index (χ2v) is 7.42. The number of thiazole rings is 1. The van der Waals surface area contributed by atoms with Crippen molar-refractivity contribution in [1.82, 2.24) is 15.6 Å². The molecule has 2 rings (SSSR count). The number of para-hydroxylation sites is 2. The molecule has 0 radical (unpaired) electrons. The van der Waals surface area contributed by atoms with E-state index in [9.17, 15) is 0 Å². The van der Waals surface area contributed by atoms with Crippen molar-refractivity contribution in [2.75, 3.05) is 20.2 Å². The zero-order chi connectivity index (χ0) is 19.6. The van der Waals surface area contributed by atoms with Gasteiger partial charge in [-0.2, -0.15) is 0 Å². The quantitative estimate of drug-likeness (QED) is 0.293. The summed E-state index contributed by atoms with van der Waals surface area (Å²) in [6, 6.07) is 7.65. The third-order valence-electron chi connectivity index (χ3n) is 3.83. The van der Waals surface area contributed by atoms with Crippen molar-refractivity contribution in [3.63, 3.8) is 0 Å². The van der Waals surface area contributed by atoms with Gasteiger partial charge in [0, 0.05) is 11.9 Å². The maximum atomic E-state index is 5.98. The number of guanidine groups is 1. The smallest absolute Gasteiger partial charge is 0.191 e. The predicted octanol–water partition coefficient (Wildman–Crippen LogP) is 4.42. The Labute approximate surface area is 189 Å². The van der Waals surface area contributed by atoms with Gasteiger partial charge in [0.05, 0.1) is 25.9 Å². The zero-order valence-corrected chi connectivity index (χ0v) is 20.3. The summed E-state index contributed by atoms with van der Waals surface area (Å²) in [4.78, 5) is 9.26. The zero-order valence-electron chi connectivity index (χ0n) is 17.2. The molecule has 1 heterocycles. The minimum absolute atomic E-state index is 0.